The van der Waals surface area contributed by atoms with Crippen molar-refractivity contribution in [2.75, 3.05) is 0 Å². The molecule has 0 amide bonds. The molecule has 0 aromatic heterocycles. The molecule has 1 aliphatic heterocycles. The molecular weight excluding hydrogens is 176 g/mol. The number of carbonyl (C=O) groups excluding carboxylic acids is 1. The van der Waals surface area contributed by atoms with Crippen LogP contribution in [0.3, 0.4) is 0 Å². The molecule has 0 spiro atoms. The average Bonchev–Trinajstić information content (AvgIpc) is 2.47. The number of cyclic esters (lactones) is 1. The van der Waals surface area contributed by atoms with Gasteiger partial charge >= 0.3 is 5.97 Å². The molecule has 2 rings (SSSR count). The first-order valence-corrected chi connectivity index (χ1v) is 5.65. The van der Waals surface area contributed by atoms with E-state index in [-0.39, 0.29) is 5.97 Å². The number of ether oxygens (including phenoxy) is 1. The Balaban J connectivity index is 1.90. The second kappa shape index (κ2) is 4.16. The van der Waals surface area contributed by atoms with E-state index < -0.39 is 0 Å². The maximum Gasteiger partial charge on any atom is 0.315 e. The van der Waals surface area contributed by atoms with Crippen LogP contribution >= 0.6 is 0 Å². The third kappa shape index (κ3) is 2.17. The van der Waals surface area contributed by atoms with Crippen molar-refractivity contribution in [1.29, 1.82) is 0 Å². The van der Waals surface area contributed by atoms with Crippen molar-refractivity contribution in [3.8, 4) is 0 Å². The van der Waals surface area contributed by atoms with E-state index >= 15 is 0 Å². The highest BCUT2D eigenvalue weighted by Crippen LogP contribution is 2.33. The average molecular weight is 194 g/mol. The molecule has 0 bridgehead atoms. The van der Waals surface area contributed by atoms with Crippen LogP contribution in [-0.4, -0.2) is 5.97 Å². The van der Waals surface area contributed by atoms with Gasteiger partial charge in [0.25, 0.3) is 0 Å². The number of rotatable bonds is 2. The Morgan fingerprint density at radius 2 is 2.00 bits per heavy atom. The zero-order valence-corrected chi connectivity index (χ0v) is 8.84. The number of esters is 1. The maximum absolute atomic E-state index is 11.0. The van der Waals surface area contributed by atoms with Crippen molar-refractivity contribution in [3.05, 3.63) is 11.3 Å². The van der Waals surface area contributed by atoms with E-state index in [1.54, 1.807) is 0 Å². The normalized spacial score (nSPS) is 24.2. The van der Waals surface area contributed by atoms with E-state index in [9.17, 15) is 4.79 Å². The Morgan fingerprint density at radius 1 is 1.29 bits per heavy atom. The van der Waals surface area contributed by atoms with E-state index in [0.29, 0.717) is 6.42 Å². The summed E-state index contributed by atoms with van der Waals surface area (Å²) in [4.78, 5) is 11.0. The van der Waals surface area contributed by atoms with E-state index in [1.165, 1.54) is 37.7 Å². The highest BCUT2D eigenvalue weighted by molar-refractivity contribution is 5.76. The fourth-order valence-electron chi connectivity index (χ4n) is 2.53. The predicted octanol–water partition coefficient (Wildman–Crippen LogP) is 3.18. The minimum Gasteiger partial charge on any atom is -0.431 e. The summed E-state index contributed by atoms with van der Waals surface area (Å²) in [6, 6.07) is 0. The summed E-state index contributed by atoms with van der Waals surface area (Å²) in [6.07, 6.45) is 8.44. The van der Waals surface area contributed by atoms with Gasteiger partial charge in [0.15, 0.2) is 0 Å². The molecule has 0 N–H and O–H groups in total. The van der Waals surface area contributed by atoms with Crippen molar-refractivity contribution in [2.45, 2.75) is 51.9 Å². The summed E-state index contributed by atoms with van der Waals surface area (Å²) in [5.41, 5.74) is 1.25. The molecule has 0 saturated heterocycles. The lowest BCUT2D eigenvalue weighted by molar-refractivity contribution is -0.136. The first-order chi connectivity index (χ1) is 6.75. The van der Waals surface area contributed by atoms with Crippen molar-refractivity contribution >= 4 is 5.97 Å². The fourth-order valence-corrected chi connectivity index (χ4v) is 2.53. The molecule has 0 unspecified atom stereocenters. The highest BCUT2D eigenvalue weighted by Gasteiger charge is 2.24. The lowest BCUT2D eigenvalue weighted by Crippen LogP contribution is -2.07. The zero-order chi connectivity index (χ0) is 9.97. The smallest absolute Gasteiger partial charge is 0.315 e. The molecule has 2 nitrogen and oxygen atoms in total. The molecule has 2 aliphatic rings. The van der Waals surface area contributed by atoms with Gasteiger partial charge in [-0.2, -0.15) is 0 Å². The third-order valence-corrected chi connectivity index (χ3v) is 3.38. The van der Waals surface area contributed by atoms with E-state index in [1.807, 2.05) is 6.92 Å². The van der Waals surface area contributed by atoms with E-state index in [2.05, 4.69) is 0 Å². The third-order valence-electron chi connectivity index (χ3n) is 3.38. The van der Waals surface area contributed by atoms with E-state index in [0.717, 1.165) is 18.1 Å². The van der Waals surface area contributed by atoms with Crippen LogP contribution in [0.5, 0.6) is 0 Å². The number of hydrogen-bond acceptors (Lipinski definition) is 2. The van der Waals surface area contributed by atoms with Crippen molar-refractivity contribution < 1.29 is 9.53 Å². The van der Waals surface area contributed by atoms with Crippen molar-refractivity contribution in [2.24, 2.45) is 5.92 Å². The predicted molar refractivity (Wildman–Crippen MR) is 54.6 cm³/mol. The van der Waals surface area contributed by atoms with Crippen LogP contribution < -0.4 is 0 Å². The molecule has 78 valence electrons. The molecule has 2 heteroatoms. The summed E-state index contributed by atoms with van der Waals surface area (Å²) in [5.74, 6) is 1.62. The van der Waals surface area contributed by atoms with Gasteiger partial charge in [0.1, 0.15) is 5.76 Å². The van der Waals surface area contributed by atoms with Gasteiger partial charge in [-0.15, -0.1) is 0 Å². The monoisotopic (exact) mass is 194 g/mol. The lowest BCUT2D eigenvalue weighted by Gasteiger charge is -2.21. The van der Waals surface area contributed by atoms with Gasteiger partial charge < -0.3 is 4.74 Å². The SMILES string of the molecule is CC1=C(CC2CCCCC2)CC(=O)O1. The Hall–Kier alpha value is -0.790. The summed E-state index contributed by atoms with van der Waals surface area (Å²) in [6.45, 7) is 1.92. The van der Waals surface area contributed by atoms with Gasteiger partial charge in [-0.1, -0.05) is 32.1 Å². The van der Waals surface area contributed by atoms with Crippen molar-refractivity contribution in [1.82, 2.24) is 0 Å². The molecule has 0 aromatic rings. The quantitative estimate of drug-likeness (QED) is 0.631. The van der Waals surface area contributed by atoms with Crippen LogP contribution in [-0.2, 0) is 9.53 Å². The second-order valence-corrected chi connectivity index (χ2v) is 4.52. The van der Waals surface area contributed by atoms with Crippen LogP contribution in [0.2, 0.25) is 0 Å². The van der Waals surface area contributed by atoms with Gasteiger partial charge in [0.2, 0.25) is 0 Å². The largest absolute Gasteiger partial charge is 0.431 e. The van der Waals surface area contributed by atoms with Crippen LogP contribution in [0.25, 0.3) is 0 Å². The summed E-state index contributed by atoms with van der Waals surface area (Å²) in [5, 5.41) is 0. The van der Waals surface area contributed by atoms with E-state index in [4.69, 9.17) is 4.74 Å². The van der Waals surface area contributed by atoms with Crippen molar-refractivity contribution in [3.63, 3.8) is 0 Å². The van der Waals surface area contributed by atoms with Crippen LogP contribution in [0.4, 0.5) is 0 Å². The summed E-state index contributed by atoms with van der Waals surface area (Å²) >= 11 is 0. The minimum absolute atomic E-state index is 0.0618. The summed E-state index contributed by atoms with van der Waals surface area (Å²) < 4.78 is 5.06. The first kappa shape index (κ1) is 9.75. The molecule has 0 aromatic carbocycles. The van der Waals surface area contributed by atoms with Gasteiger partial charge in [0.05, 0.1) is 6.42 Å². The van der Waals surface area contributed by atoms with Gasteiger partial charge in [-0.05, 0) is 24.8 Å². The van der Waals surface area contributed by atoms with Crippen LogP contribution in [0.1, 0.15) is 51.9 Å². The number of hydrogen-bond donors (Lipinski definition) is 0. The standard InChI is InChI=1S/C12H18O2/c1-9-11(8-12(13)14-9)7-10-5-3-2-4-6-10/h10H,2-8H2,1H3. The molecule has 1 saturated carbocycles. The molecule has 1 aliphatic carbocycles. The highest BCUT2D eigenvalue weighted by atomic mass is 16.5. The number of carbonyl (C=O) groups is 1. The number of allylic oxidation sites excluding steroid dienone is 1. The van der Waals surface area contributed by atoms with Crippen LogP contribution in [0, 0.1) is 5.92 Å². The molecular formula is C12H18O2. The topological polar surface area (TPSA) is 26.3 Å². The summed E-state index contributed by atoms with van der Waals surface area (Å²) in [7, 11) is 0. The molecule has 0 radical (unpaired) electrons. The zero-order valence-electron chi connectivity index (χ0n) is 8.84. The van der Waals surface area contributed by atoms with Gasteiger partial charge in [-0.25, -0.2) is 0 Å². The Kier molecular flexibility index (Phi) is 2.90. The maximum atomic E-state index is 11.0. The van der Waals surface area contributed by atoms with Gasteiger partial charge in [0, 0.05) is 0 Å². The molecule has 14 heavy (non-hydrogen) atoms. The first-order valence-electron chi connectivity index (χ1n) is 5.65. The molecule has 1 heterocycles. The van der Waals surface area contributed by atoms with Crippen LogP contribution in [0.15, 0.2) is 11.3 Å². The van der Waals surface area contributed by atoms with Gasteiger partial charge in [-0.3, -0.25) is 4.79 Å². The lowest BCUT2D eigenvalue weighted by atomic mass is 9.84. The Bertz CT molecular complexity index is 259. The second-order valence-electron chi connectivity index (χ2n) is 4.52. The fraction of sp³-hybridized carbons (Fsp3) is 0.750. The molecule has 1 fully saturated rings. The minimum atomic E-state index is -0.0618. The Labute approximate surface area is 85.3 Å². The Morgan fingerprint density at radius 3 is 2.57 bits per heavy atom. The molecule has 0 atom stereocenters.